The monoisotopic (exact) mass is 296 g/mol. The summed E-state index contributed by atoms with van der Waals surface area (Å²) in [5, 5.41) is 7.15. The average molecular weight is 296 g/mol. The van der Waals surface area contributed by atoms with Gasteiger partial charge in [-0.3, -0.25) is 0 Å². The lowest BCUT2D eigenvalue weighted by atomic mass is 10.1. The topological polar surface area (TPSA) is 24.1 Å². The Morgan fingerprint density at radius 3 is 1.23 bits per heavy atom. The quantitative estimate of drug-likeness (QED) is 0.684. The zero-order valence-corrected chi connectivity index (χ0v) is 14.3. The Hall–Kier alpha value is -1.96. The predicted octanol–water partition coefficient (Wildman–Crippen LogP) is 5.22. The van der Waals surface area contributed by atoms with Crippen LogP contribution in [-0.2, 0) is 0 Å². The highest BCUT2D eigenvalue weighted by Gasteiger charge is 2.02. The van der Waals surface area contributed by atoms with Gasteiger partial charge in [-0.05, 0) is 62.8 Å². The lowest BCUT2D eigenvalue weighted by Crippen LogP contribution is -2.09. The normalized spacial score (nSPS) is 10.5. The van der Waals surface area contributed by atoms with Crippen molar-refractivity contribution >= 4 is 11.4 Å². The van der Waals surface area contributed by atoms with Gasteiger partial charge in [0.25, 0.3) is 0 Å². The molecule has 0 saturated heterocycles. The first-order valence-electron chi connectivity index (χ1n) is 8.20. The molecule has 2 N–H and O–H groups in total. The molecule has 0 saturated carbocycles. The first kappa shape index (κ1) is 16.4. The molecule has 0 aliphatic carbocycles. The second-order valence-electron chi connectivity index (χ2n) is 6.09. The second kappa shape index (κ2) is 7.88. The molecule has 22 heavy (non-hydrogen) atoms. The summed E-state index contributed by atoms with van der Waals surface area (Å²) < 4.78 is 0. The fourth-order valence-corrected chi connectivity index (χ4v) is 2.86. The summed E-state index contributed by atoms with van der Waals surface area (Å²) in [6.07, 6.45) is 2.34. The number of hydrogen-bond donors (Lipinski definition) is 2. The molecule has 0 spiro atoms. The lowest BCUT2D eigenvalue weighted by molar-refractivity contribution is 0.794. The number of hydrogen-bond acceptors (Lipinski definition) is 2. The summed E-state index contributed by atoms with van der Waals surface area (Å²) >= 11 is 0. The van der Waals surface area contributed by atoms with Crippen LogP contribution in [0.15, 0.2) is 36.4 Å². The van der Waals surface area contributed by atoms with Crippen molar-refractivity contribution < 1.29 is 0 Å². The maximum absolute atomic E-state index is 3.57. The molecule has 0 bridgehead atoms. The Kier molecular flexibility index (Phi) is 5.88. The van der Waals surface area contributed by atoms with Crippen molar-refractivity contribution in [3.8, 4) is 0 Å². The van der Waals surface area contributed by atoms with E-state index in [0.717, 1.165) is 13.1 Å². The molecule has 0 aromatic heterocycles. The summed E-state index contributed by atoms with van der Waals surface area (Å²) in [5.41, 5.74) is 7.90. The number of rotatable bonds is 7. The number of aryl methyl sites for hydroxylation is 4. The Bertz CT molecular complexity index is 521. The maximum Gasteiger partial charge on any atom is 0.0399 e. The van der Waals surface area contributed by atoms with Gasteiger partial charge >= 0.3 is 0 Å². The minimum absolute atomic E-state index is 1.03. The van der Waals surface area contributed by atoms with E-state index in [1.807, 2.05) is 0 Å². The van der Waals surface area contributed by atoms with E-state index in [0.29, 0.717) is 0 Å². The molecular formula is C20H28N2. The van der Waals surface area contributed by atoms with Crippen LogP contribution in [0.3, 0.4) is 0 Å². The van der Waals surface area contributed by atoms with Crippen molar-refractivity contribution in [1.29, 1.82) is 0 Å². The van der Waals surface area contributed by atoms with Crippen molar-refractivity contribution in [3.63, 3.8) is 0 Å². The largest absolute Gasteiger partial charge is 0.385 e. The SMILES string of the molecule is Cc1cccc(C)c1NCCCCNc1c(C)cccc1C. The fraction of sp³-hybridized carbons (Fsp3) is 0.400. The van der Waals surface area contributed by atoms with Gasteiger partial charge in [-0.25, -0.2) is 0 Å². The van der Waals surface area contributed by atoms with Gasteiger partial charge in [-0.15, -0.1) is 0 Å². The van der Waals surface area contributed by atoms with Gasteiger partial charge in [0.15, 0.2) is 0 Å². The molecule has 2 aromatic rings. The summed E-state index contributed by atoms with van der Waals surface area (Å²) in [7, 11) is 0. The zero-order chi connectivity index (χ0) is 15.9. The van der Waals surface area contributed by atoms with Gasteiger partial charge in [0, 0.05) is 24.5 Å². The molecule has 0 unspecified atom stereocenters. The standard InChI is InChI=1S/C20H28N2/c1-15-9-7-10-16(2)19(15)21-13-5-6-14-22-20-17(3)11-8-12-18(20)4/h7-12,21-22H,5-6,13-14H2,1-4H3. The van der Waals surface area contributed by atoms with Gasteiger partial charge in [-0.1, -0.05) is 36.4 Å². The molecule has 0 heterocycles. The van der Waals surface area contributed by atoms with Crippen LogP contribution >= 0.6 is 0 Å². The van der Waals surface area contributed by atoms with E-state index in [-0.39, 0.29) is 0 Å². The van der Waals surface area contributed by atoms with Crippen molar-refractivity contribution in [2.24, 2.45) is 0 Å². The Balaban J connectivity index is 1.72. The van der Waals surface area contributed by atoms with E-state index in [9.17, 15) is 0 Å². The van der Waals surface area contributed by atoms with Crippen LogP contribution in [0, 0.1) is 27.7 Å². The van der Waals surface area contributed by atoms with Crippen LogP contribution in [0.1, 0.15) is 35.1 Å². The van der Waals surface area contributed by atoms with Gasteiger partial charge in [0.2, 0.25) is 0 Å². The molecule has 0 radical (unpaired) electrons. The molecule has 0 atom stereocenters. The predicted molar refractivity (Wildman–Crippen MR) is 98.0 cm³/mol. The van der Waals surface area contributed by atoms with Gasteiger partial charge in [0.05, 0.1) is 0 Å². The number of unbranched alkanes of at least 4 members (excludes halogenated alkanes) is 1. The average Bonchev–Trinajstić information content (AvgIpc) is 2.47. The van der Waals surface area contributed by atoms with E-state index in [4.69, 9.17) is 0 Å². The first-order chi connectivity index (χ1) is 10.6. The second-order valence-corrected chi connectivity index (χ2v) is 6.09. The molecule has 0 aliphatic rings. The first-order valence-corrected chi connectivity index (χ1v) is 8.20. The molecule has 2 nitrogen and oxygen atoms in total. The third kappa shape index (κ3) is 4.27. The van der Waals surface area contributed by atoms with Gasteiger partial charge in [-0.2, -0.15) is 0 Å². The minimum atomic E-state index is 1.03. The van der Waals surface area contributed by atoms with Crippen LogP contribution in [0.5, 0.6) is 0 Å². The Morgan fingerprint density at radius 1 is 0.591 bits per heavy atom. The molecule has 0 fully saturated rings. The highest BCUT2D eigenvalue weighted by atomic mass is 14.9. The highest BCUT2D eigenvalue weighted by Crippen LogP contribution is 2.20. The van der Waals surface area contributed by atoms with Crippen molar-refractivity contribution in [1.82, 2.24) is 0 Å². The van der Waals surface area contributed by atoms with Crippen LogP contribution in [-0.4, -0.2) is 13.1 Å². The van der Waals surface area contributed by atoms with Crippen molar-refractivity contribution in [3.05, 3.63) is 58.7 Å². The molecule has 2 rings (SSSR count). The third-order valence-electron chi connectivity index (χ3n) is 4.17. The number of nitrogens with one attached hydrogen (secondary N) is 2. The summed E-state index contributed by atoms with van der Waals surface area (Å²) in [6, 6.07) is 12.9. The molecule has 2 aromatic carbocycles. The smallest absolute Gasteiger partial charge is 0.0399 e. The van der Waals surface area contributed by atoms with E-state index in [2.05, 4.69) is 74.7 Å². The van der Waals surface area contributed by atoms with Gasteiger partial charge < -0.3 is 10.6 Å². The fourth-order valence-electron chi connectivity index (χ4n) is 2.86. The van der Waals surface area contributed by atoms with Crippen LogP contribution in [0.25, 0.3) is 0 Å². The Labute approximate surface area is 135 Å². The summed E-state index contributed by atoms with van der Waals surface area (Å²) in [6.45, 7) is 10.7. The molecule has 118 valence electrons. The van der Waals surface area contributed by atoms with Gasteiger partial charge in [0.1, 0.15) is 0 Å². The summed E-state index contributed by atoms with van der Waals surface area (Å²) in [4.78, 5) is 0. The zero-order valence-electron chi connectivity index (χ0n) is 14.3. The lowest BCUT2D eigenvalue weighted by Gasteiger charge is -2.14. The Morgan fingerprint density at radius 2 is 0.909 bits per heavy atom. The van der Waals surface area contributed by atoms with Crippen LogP contribution in [0.4, 0.5) is 11.4 Å². The van der Waals surface area contributed by atoms with Crippen molar-refractivity contribution in [2.75, 3.05) is 23.7 Å². The summed E-state index contributed by atoms with van der Waals surface area (Å²) in [5.74, 6) is 0. The minimum Gasteiger partial charge on any atom is -0.385 e. The molecule has 0 amide bonds. The highest BCUT2D eigenvalue weighted by molar-refractivity contribution is 5.57. The number of anilines is 2. The van der Waals surface area contributed by atoms with Crippen molar-refractivity contribution in [2.45, 2.75) is 40.5 Å². The maximum atomic E-state index is 3.57. The molecule has 2 heteroatoms. The molecular weight excluding hydrogens is 268 g/mol. The van der Waals surface area contributed by atoms with E-state index in [1.54, 1.807) is 0 Å². The molecule has 0 aliphatic heterocycles. The third-order valence-corrected chi connectivity index (χ3v) is 4.17. The number of para-hydroxylation sites is 2. The van der Waals surface area contributed by atoms with E-state index >= 15 is 0 Å². The number of benzene rings is 2. The van der Waals surface area contributed by atoms with E-state index in [1.165, 1.54) is 46.5 Å². The van der Waals surface area contributed by atoms with Crippen LogP contribution < -0.4 is 10.6 Å². The van der Waals surface area contributed by atoms with Crippen LogP contribution in [0.2, 0.25) is 0 Å². The van der Waals surface area contributed by atoms with E-state index < -0.39 is 0 Å².